The molecule has 1 atom stereocenters. The van der Waals surface area contributed by atoms with E-state index in [2.05, 4.69) is 59.4 Å². The minimum absolute atomic E-state index is 0.455. The Bertz CT molecular complexity index is 476. The predicted octanol–water partition coefficient (Wildman–Crippen LogP) is 3.50. The van der Waals surface area contributed by atoms with Gasteiger partial charge in [-0.15, -0.1) is 0 Å². The van der Waals surface area contributed by atoms with Gasteiger partial charge in [0.15, 0.2) is 0 Å². The molecule has 0 bridgehead atoms. The zero-order valence-electron chi connectivity index (χ0n) is 11.8. The van der Waals surface area contributed by atoms with E-state index in [-0.39, 0.29) is 0 Å². The van der Waals surface area contributed by atoms with Gasteiger partial charge >= 0.3 is 0 Å². The fraction of sp³-hybridized carbons (Fsp3) is 0.438. The summed E-state index contributed by atoms with van der Waals surface area (Å²) in [5.41, 5.74) is 2.42. The molecule has 19 heavy (non-hydrogen) atoms. The highest BCUT2D eigenvalue weighted by atomic mass is 15.3. The lowest BCUT2D eigenvalue weighted by Crippen LogP contribution is -2.15. The van der Waals surface area contributed by atoms with Gasteiger partial charge in [-0.2, -0.15) is 5.10 Å². The fourth-order valence-corrected chi connectivity index (χ4v) is 2.19. The van der Waals surface area contributed by atoms with Crippen molar-refractivity contribution in [2.45, 2.75) is 32.7 Å². The van der Waals surface area contributed by atoms with Gasteiger partial charge in [-0.05, 0) is 38.4 Å². The second kappa shape index (κ2) is 7.10. The zero-order valence-corrected chi connectivity index (χ0v) is 11.8. The summed E-state index contributed by atoms with van der Waals surface area (Å²) in [6.45, 7) is 6.51. The standard InChI is InChI=1S/C16H23N3/c1-3-17-11-7-8-14(2)19-13-16(12-18-19)15-9-5-4-6-10-15/h4-6,9-10,12-14,17H,3,7-8,11H2,1-2H3. The molecule has 3 nitrogen and oxygen atoms in total. The number of nitrogens with zero attached hydrogens (tertiary/aromatic N) is 2. The van der Waals surface area contributed by atoms with Crippen LogP contribution in [0.25, 0.3) is 11.1 Å². The van der Waals surface area contributed by atoms with Crippen LogP contribution in [0.1, 0.15) is 32.7 Å². The Balaban J connectivity index is 1.93. The summed E-state index contributed by atoms with van der Waals surface area (Å²) in [6.07, 6.45) is 6.45. The van der Waals surface area contributed by atoms with Gasteiger partial charge in [-0.3, -0.25) is 4.68 Å². The van der Waals surface area contributed by atoms with Gasteiger partial charge < -0.3 is 5.32 Å². The third kappa shape index (κ3) is 3.93. The van der Waals surface area contributed by atoms with Crippen molar-refractivity contribution in [1.29, 1.82) is 0 Å². The maximum absolute atomic E-state index is 4.49. The van der Waals surface area contributed by atoms with Gasteiger partial charge in [-0.25, -0.2) is 0 Å². The molecule has 102 valence electrons. The molecule has 1 aromatic carbocycles. The van der Waals surface area contributed by atoms with Gasteiger partial charge in [-0.1, -0.05) is 37.3 Å². The molecule has 1 unspecified atom stereocenters. The molecule has 0 radical (unpaired) electrons. The second-order valence-electron chi connectivity index (χ2n) is 4.92. The Morgan fingerprint density at radius 1 is 1.21 bits per heavy atom. The zero-order chi connectivity index (χ0) is 13.5. The molecule has 1 N–H and O–H groups in total. The van der Waals surface area contributed by atoms with Crippen molar-refractivity contribution >= 4 is 0 Å². The van der Waals surface area contributed by atoms with E-state index in [1.807, 2.05) is 12.3 Å². The lowest BCUT2D eigenvalue weighted by molar-refractivity contribution is 0.440. The van der Waals surface area contributed by atoms with E-state index in [1.54, 1.807) is 0 Å². The summed E-state index contributed by atoms with van der Waals surface area (Å²) < 4.78 is 2.08. The molecule has 0 saturated carbocycles. The maximum Gasteiger partial charge on any atom is 0.0568 e. The fourth-order valence-electron chi connectivity index (χ4n) is 2.19. The molecular formula is C16H23N3. The number of aromatic nitrogens is 2. The Morgan fingerprint density at radius 2 is 2.00 bits per heavy atom. The monoisotopic (exact) mass is 257 g/mol. The minimum Gasteiger partial charge on any atom is -0.317 e. The van der Waals surface area contributed by atoms with E-state index in [0.717, 1.165) is 19.5 Å². The molecule has 1 heterocycles. The van der Waals surface area contributed by atoms with Gasteiger partial charge in [0.1, 0.15) is 0 Å². The predicted molar refractivity (Wildman–Crippen MR) is 80.2 cm³/mol. The van der Waals surface area contributed by atoms with Crippen LogP contribution in [0.4, 0.5) is 0 Å². The van der Waals surface area contributed by atoms with Crippen LogP contribution in [0.15, 0.2) is 42.7 Å². The number of hydrogen-bond acceptors (Lipinski definition) is 2. The van der Waals surface area contributed by atoms with Crippen LogP contribution >= 0.6 is 0 Å². The molecular weight excluding hydrogens is 234 g/mol. The van der Waals surface area contributed by atoms with E-state index in [1.165, 1.54) is 17.5 Å². The van der Waals surface area contributed by atoms with Crippen molar-refractivity contribution < 1.29 is 0 Å². The smallest absolute Gasteiger partial charge is 0.0568 e. The summed E-state index contributed by atoms with van der Waals surface area (Å²) in [5.74, 6) is 0. The van der Waals surface area contributed by atoms with E-state index < -0.39 is 0 Å². The molecule has 0 fully saturated rings. The maximum atomic E-state index is 4.49. The highest BCUT2D eigenvalue weighted by Crippen LogP contribution is 2.20. The van der Waals surface area contributed by atoms with Crippen molar-refractivity contribution in [1.82, 2.24) is 15.1 Å². The molecule has 0 aliphatic rings. The van der Waals surface area contributed by atoms with Gasteiger partial charge in [0.05, 0.1) is 6.20 Å². The van der Waals surface area contributed by atoms with Crippen molar-refractivity contribution in [3.63, 3.8) is 0 Å². The largest absolute Gasteiger partial charge is 0.317 e. The average Bonchev–Trinajstić information content (AvgIpc) is 2.94. The van der Waals surface area contributed by atoms with Crippen LogP contribution in [0.2, 0.25) is 0 Å². The second-order valence-corrected chi connectivity index (χ2v) is 4.92. The Labute approximate surface area is 115 Å². The average molecular weight is 257 g/mol. The summed E-state index contributed by atoms with van der Waals surface area (Å²) in [5, 5.41) is 7.84. The SMILES string of the molecule is CCNCCCC(C)n1cc(-c2ccccc2)cn1. The lowest BCUT2D eigenvalue weighted by atomic mass is 10.1. The van der Waals surface area contributed by atoms with E-state index >= 15 is 0 Å². The summed E-state index contributed by atoms with van der Waals surface area (Å²) in [6, 6.07) is 10.9. The topological polar surface area (TPSA) is 29.9 Å². The van der Waals surface area contributed by atoms with Gasteiger partial charge in [0.2, 0.25) is 0 Å². The Kier molecular flexibility index (Phi) is 5.16. The molecule has 0 aliphatic carbocycles. The van der Waals surface area contributed by atoms with Gasteiger partial charge in [0.25, 0.3) is 0 Å². The van der Waals surface area contributed by atoms with E-state index in [9.17, 15) is 0 Å². The number of hydrogen-bond donors (Lipinski definition) is 1. The highest BCUT2D eigenvalue weighted by Gasteiger charge is 2.07. The van der Waals surface area contributed by atoms with Crippen LogP contribution < -0.4 is 5.32 Å². The van der Waals surface area contributed by atoms with E-state index in [0.29, 0.717) is 6.04 Å². The minimum atomic E-state index is 0.455. The molecule has 1 aromatic heterocycles. The third-order valence-electron chi connectivity index (χ3n) is 3.39. The first-order chi connectivity index (χ1) is 9.31. The summed E-state index contributed by atoms with van der Waals surface area (Å²) in [7, 11) is 0. The van der Waals surface area contributed by atoms with Crippen LogP contribution in [0.5, 0.6) is 0 Å². The van der Waals surface area contributed by atoms with E-state index in [4.69, 9.17) is 0 Å². The molecule has 3 heteroatoms. The van der Waals surface area contributed by atoms with Crippen LogP contribution in [-0.2, 0) is 0 Å². The van der Waals surface area contributed by atoms with Crippen molar-refractivity contribution in [2.24, 2.45) is 0 Å². The number of rotatable bonds is 7. The molecule has 2 rings (SSSR count). The molecule has 0 spiro atoms. The highest BCUT2D eigenvalue weighted by molar-refractivity contribution is 5.61. The molecule has 0 aliphatic heterocycles. The first kappa shape index (κ1) is 13.8. The van der Waals surface area contributed by atoms with Crippen LogP contribution in [-0.4, -0.2) is 22.9 Å². The normalized spacial score (nSPS) is 12.5. The summed E-state index contributed by atoms with van der Waals surface area (Å²) >= 11 is 0. The van der Waals surface area contributed by atoms with Gasteiger partial charge in [0, 0.05) is 17.8 Å². The first-order valence-corrected chi connectivity index (χ1v) is 7.11. The lowest BCUT2D eigenvalue weighted by Gasteiger charge is -2.11. The first-order valence-electron chi connectivity index (χ1n) is 7.11. The Hall–Kier alpha value is -1.61. The number of benzene rings is 1. The molecule has 0 saturated heterocycles. The summed E-state index contributed by atoms with van der Waals surface area (Å²) in [4.78, 5) is 0. The third-order valence-corrected chi connectivity index (χ3v) is 3.39. The Morgan fingerprint density at radius 3 is 2.74 bits per heavy atom. The van der Waals surface area contributed by atoms with Crippen molar-refractivity contribution in [3.05, 3.63) is 42.7 Å². The van der Waals surface area contributed by atoms with Crippen LogP contribution in [0.3, 0.4) is 0 Å². The van der Waals surface area contributed by atoms with Crippen molar-refractivity contribution in [2.75, 3.05) is 13.1 Å². The van der Waals surface area contributed by atoms with Crippen molar-refractivity contribution in [3.8, 4) is 11.1 Å². The molecule has 0 amide bonds. The van der Waals surface area contributed by atoms with Crippen LogP contribution in [0, 0.1) is 0 Å². The quantitative estimate of drug-likeness (QED) is 0.769. The molecule has 2 aromatic rings. The number of nitrogens with one attached hydrogen (secondary N) is 1.